The topological polar surface area (TPSA) is 91.8 Å². The Labute approximate surface area is 174 Å². The van der Waals surface area contributed by atoms with Crippen molar-refractivity contribution < 1.29 is 17.9 Å². The van der Waals surface area contributed by atoms with E-state index in [2.05, 4.69) is 14.6 Å². The van der Waals surface area contributed by atoms with Crippen LogP contribution >= 0.6 is 11.3 Å². The highest BCUT2D eigenvalue weighted by Crippen LogP contribution is 2.24. The maximum Gasteiger partial charge on any atom is 0.263 e. The number of hydrogen-bond donors (Lipinski definition) is 1. The van der Waals surface area contributed by atoms with Crippen LogP contribution in [0.25, 0.3) is 0 Å². The molecule has 4 rings (SSSR count). The van der Waals surface area contributed by atoms with E-state index in [4.69, 9.17) is 4.74 Å². The second-order valence-electron chi connectivity index (χ2n) is 7.11. The zero-order valence-corrected chi connectivity index (χ0v) is 17.7. The molecule has 1 aromatic carbocycles. The number of nitrogens with one attached hydrogen (secondary N) is 1. The first kappa shape index (κ1) is 20.1. The normalized spacial score (nSPS) is 17.5. The number of benzene rings is 1. The Balaban J connectivity index is 1.38. The number of amides is 1. The van der Waals surface area contributed by atoms with Crippen molar-refractivity contribution in [2.75, 3.05) is 49.0 Å². The van der Waals surface area contributed by atoms with Crippen molar-refractivity contribution in [3.05, 3.63) is 35.3 Å². The Morgan fingerprint density at radius 1 is 1.10 bits per heavy atom. The van der Waals surface area contributed by atoms with Gasteiger partial charge in [0.05, 0.1) is 30.2 Å². The number of rotatable bonds is 6. The van der Waals surface area contributed by atoms with E-state index in [0.29, 0.717) is 32.0 Å². The molecule has 1 amide bonds. The fourth-order valence-corrected chi connectivity index (χ4v) is 5.46. The van der Waals surface area contributed by atoms with Crippen LogP contribution in [0.4, 0.5) is 10.8 Å². The number of carbonyl (C=O) groups excluding carboxylic acids is 1. The zero-order valence-electron chi connectivity index (χ0n) is 16.0. The summed E-state index contributed by atoms with van der Waals surface area (Å²) in [5, 5.41) is 1.98. The van der Waals surface area contributed by atoms with Gasteiger partial charge in [0.25, 0.3) is 10.0 Å². The standard InChI is InChI=1S/C19H24N4O4S2/c24-18(23-9-11-27-12-10-23)13-15-14-28-19(20-15)21-29(25,26)17-5-3-16(4-6-17)22-7-1-2-8-22/h3-6,14H,1-2,7-13H2,(H,20,21). The van der Waals surface area contributed by atoms with E-state index in [-0.39, 0.29) is 22.4 Å². The summed E-state index contributed by atoms with van der Waals surface area (Å²) >= 11 is 1.18. The Morgan fingerprint density at radius 3 is 2.48 bits per heavy atom. The van der Waals surface area contributed by atoms with E-state index >= 15 is 0 Å². The summed E-state index contributed by atoms with van der Waals surface area (Å²) < 4.78 is 33.1. The maximum atomic E-state index is 12.7. The van der Waals surface area contributed by atoms with Crippen molar-refractivity contribution in [3.8, 4) is 0 Å². The van der Waals surface area contributed by atoms with Gasteiger partial charge in [0.2, 0.25) is 5.91 Å². The molecular weight excluding hydrogens is 412 g/mol. The SMILES string of the molecule is O=C(Cc1csc(NS(=O)(=O)c2ccc(N3CCCC3)cc2)n1)N1CCOCC1. The Bertz CT molecular complexity index is 947. The van der Waals surface area contributed by atoms with Crippen LogP contribution < -0.4 is 9.62 Å². The van der Waals surface area contributed by atoms with Gasteiger partial charge in [-0.3, -0.25) is 9.52 Å². The minimum atomic E-state index is -3.72. The van der Waals surface area contributed by atoms with Crippen LogP contribution in [0.2, 0.25) is 0 Å². The van der Waals surface area contributed by atoms with Crippen molar-refractivity contribution in [3.63, 3.8) is 0 Å². The highest BCUT2D eigenvalue weighted by molar-refractivity contribution is 7.93. The molecule has 2 aliphatic rings. The summed E-state index contributed by atoms with van der Waals surface area (Å²) in [7, 11) is -3.72. The smallest absolute Gasteiger partial charge is 0.263 e. The van der Waals surface area contributed by atoms with E-state index in [1.807, 2.05) is 12.1 Å². The lowest BCUT2D eigenvalue weighted by atomic mass is 10.3. The summed E-state index contributed by atoms with van der Waals surface area (Å²) in [5.74, 6) is -0.0227. The second kappa shape index (κ2) is 8.68. The zero-order chi connectivity index (χ0) is 20.3. The summed E-state index contributed by atoms with van der Waals surface area (Å²) in [4.78, 5) is 20.8. The molecule has 2 saturated heterocycles. The first-order chi connectivity index (χ1) is 14.0. The monoisotopic (exact) mass is 436 g/mol. The highest BCUT2D eigenvalue weighted by atomic mass is 32.2. The predicted molar refractivity (Wildman–Crippen MR) is 112 cm³/mol. The third kappa shape index (κ3) is 4.88. The van der Waals surface area contributed by atoms with Gasteiger partial charge in [-0.15, -0.1) is 11.3 Å². The lowest BCUT2D eigenvalue weighted by molar-refractivity contribution is -0.134. The molecule has 0 aliphatic carbocycles. The van der Waals surface area contributed by atoms with Gasteiger partial charge in [-0.1, -0.05) is 0 Å². The fraction of sp³-hybridized carbons (Fsp3) is 0.474. The molecule has 0 radical (unpaired) electrons. The number of nitrogens with zero attached hydrogens (tertiary/aromatic N) is 3. The largest absolute Gasteiger partial charge is 0.378 e. The van der Waals surface area contributed by atoms with Gasteiger partial charge in [0, 0.05) is 37.2 Å². The van der Waals surface area contributed by atoms with E-state index in [1.54, 1.807) is 22.4 Å². The molecule has 3 heterocycles. The summed E-state index contributed by atoms with van der Waals surface area (Å²) in [5.41, 5.74) is 1.60. The van der Waals surface area contributed by atoms with Crippen molar-refractivity contribution in [2.24, 2.45) is 0 Å². The summed E-state index contributed by atoms with van der Waals surface area (Å²) in [6, 6.07) is 6.92. The lowest BCUT2D eigenvalue weighted by Crippen LogP contribution is -2.41. The van der Waals surface area contributed by atoms with Gasteiger partial charge in [-0.25, -0.2) is 13.4 Å². The van der Waals surface area contributed by atoms with Gasteiger partial charge in [0.15, 0.2) is 5.13 Å². The number of sulfonamides is 1. The van der Waals surface area contributed by atoms with Crippen LogP contribution in [0.3, 0.4) is 0 Å². The molecular formula is C19H24N4O4S2. The molecule has 156 valence electrons. The number of morpholine rings is 1. The van der Waals surface area contributed by atoms with Gasteiger partial charge in [0.1, 0.15) is 0 Å². The average molecular weight is 437 g/mol. The van der Waals surface area contributed by atoms with Crippen LogP contribution in [0.15, 0.2) is 34.5 Å². The third-order valence-corrected chi connectivity index (χ3v) is 7.38. The minimum Gasteiger partial charge on any atom is -0.378 e. The van der Waals surface area contributed by atoms with Crippen LogP contribution in [-0.4, -0.2) is 63.6 Å². The van der Waals surface area contributed by atoms with Crippen LogP contribution in [-0.2, 0) is 26.0 Å². The molecule has 2 aliphatic heterocycles. The van der Waals surface area contributed by atoms with E-state index in [9.17, 15) is 13.2 Å². The van der Waals surface area contributed by atoms with Crippen LogP contribution in [0.5, 0.6) is 0 Å². The predicted octanol–water partition coefficient (Wildman–Crippen LogP) is 1.95. The first-order valence-electron chi connectivity index (χ1n) is 9.69. The molecule has 10 heteroatoms. The van der Waals surface area contributed by atoms with Crippen molar-refractivity contribution in [1.29, 1.82) is 0 Å². The van der Waals surface area contributed by atoms with Crippen LogP contribution in [0, 0.1) is 0 Å². The number of aromatic nitrogens is 1. The Hall–Kier alpha value is -2.17. The molecule has 0 unspecified atom stereocenters. The molecule has 2 fully saturated rings. The van der Waals surface area contributed by atoms with Crippen LogP contribution in [0.1, 0.15) is 18.5 Å². The molecule has 2 aromatic rings. The molecule has 0 saturated carbocycles. The minimum absolute atomic E-state index is 0.0227. The average Bonchev–Trinajstić information content (AvgIpc) is 3.41. The van der Waals surface area contributed by atoms with Gasteiger partial charge < -0.3 is 14.5 Å². The molecule has 0 bridgehead atoms. The Morgan fingerprint density at radius 2 is 1.79 bits per heavy atom. The van der Waals surface area contributed by atoms with Gasteiger partial charge >= 0.3 is 0 Å². The molecule has 8 nitrogen and oxygen atoms in total. The fourth-order valence-electron chi connectivity index (χ4n) is 3.50. The van der Waals surface area contributed by atoms with Crippen molar-refractivity contribution in [2.45, 2.75) is 24.2 Å². The second-order valence-corrected chi connectivity index (χ2v) is 9.65. The molecule has 0 spiro atoms. The first-order valence-corrected chi connectivity index (χ1v) is 12.1. The molecule has 1 N–H and O–H groups in total. The molecule has 0 atom stereocenters. The number of hydrogen-bond acceptors (Lipinski definition) is 7. The van der Waals surface area contributed by atoms with Crippen molar-refractivity contribution in [1.82, 2.24) is 9.88 Å². The Kier molecular flexibility index (Phi) is 6.02. The summed E-state index contributed by atoms with van der Waals surface area (Å²) in [6.07, 6.45) is 2.49. The van der Waals surface area contributed by atoms with E-state index < -0.39 is 10.0 Å². The van der Waals surface area contributed by atoms with E-state index in [0.717, 1.165) is 18.8 Å². The van der Waals surface area contributed by atoms with Crippen molar-refractivity contribution >= 4 is 38.1 Å². The quantitative estimate of drug-likeness (QED) is 0.744. The maximum absolute atomic E-state index is 12.7. The number of thiazole rings is 1. The lowest BCUT2D eigenvalue weighted by Gasteiger charge is -2.26. The van der Waals surface area contributed by atoms with Gasteiger partial charge in [-0.2, -0.15) is 0 Å². The molecule has 1 aromatic heterocycles. The third-order valence-electron chi connectivity index (χ3n) is 5.09. The van der Waals surface area contributed by atoms with Gasteiger partial charge in [-0.05, 0) is 37.1 Å². The highest BCUT2D eigenvalue weighted by Gasteiger charge is 2.20. The number of ether oxygens (including phenoxy) is 1. The molecule has 29 heavy (non-hydrogen) atoms. The number of anilines is 2. The summed E-state index contributed by atoms with van der Waals surface area (Å²) in [6.45, 7) is 4.27. The van der Waals surface area contributed by atoms with E-state index in [1.165, 1.54) is 24.2 Å². The number of carbonyl (C=O) groups is 1.